The van der Waals surface area contributed by atoms with Crippen LogP contribution in [0, 0.1) is 3.57 Å². The molecule has 1 fully saturated rings. The second-order valence-corrected chi connectivity index (χ2v) is 11.0. The lowest BCUT2D eigenvalue weighted by atomic mass is 10.1. The first kappa shape index (κ1) is 24.4. The fourth-order valence-electron chi connectivity index (χ4n) is 4.36. The topological polar surface area (TPSA) is 53.1 Å². The van der Waals surface area contributed by atoms with E-state index in [9.17, 15) is 0 Å². The highest BCUT2D eigenvalue weighted by Gasteiger charge is 2.23. The molecule has 8 heteroatoms. The van der Waals surface area contributed by atoms with E-state index in [4.69, 9.17) is 23.9 Å². The van der Waals surface area contributed by atoms with Crippen molar-refractivity contribution in [2.24, 2.45) is 0 Å². The summed E-state index contributed by atoms with van der Waals surface area (Å²) in [5.74, 6) is 3.09. The van der Waals surface area contributed by atoms with Gasteiger partial charge in [-0.2, -0.15) is 0 Å². The summed E-state index contributed by atoms with van der Waals surface area (Å²) in [6, 6.07) is 24.5. The molecule has 0 saturated carbocycles. The molecule has 2 aliphatic heterocycles. The Morgan fingerprint density at radius 3 is 2.62 bits per heavy atom. The fourth-order valence-corrected chi connectivity index (χ4v) is 6.09. The molecule has 0 bridgehead atoms. The van der Waals surface area contributed by atoms with Crippen LogP contribution in [-0.2, 0) is 11.3 Å². The Balaban J connectivity index is 1.35. The maximum absolute atomic E-state index is 6.44. The molecule has 0 unspecified atom stereocenters. The van der Waals surface area contributed by atoms with Crippen molar-refractivity contribution in [2.45, 2.75) is 16.4 Å². The van der Waals surface area contributed by atoms with E-state index in [1.165, 1.54) is 3.57 Å². The lowest BCUT2D eigenvalue weighted by molar-refractivity contribution is 0.122. The Morgan fingerprint density at radius 1 is 0.973 bits per heavy atom. The van der Waals surface area contributed by atoms with Crippen LogP contribution < -0.4 is 19.1 Å². The smallest absolute Gasteiger partial charge is 0.216 e. The van der Waals surface area contributed by atoms with Gasteiger partial charge in [0.1, 0.15) is 18.1 Å². The van der Waals surface area contributed by atoms with Crippen LogP contribution >= 0.6 is 34.4 Å². The number of aromatic nitrogens is 1. The third kappa shape index (κ3) is 5.37. The molecule has 6 rings (SSSR count). The molecule has 188 valence electrons. The molecule has 4 aromatic rings. The molecular weight excluding hydrogens is 599 g/mol. The normalized spacial score (nSPS) is 14.4. The average molecular weight is 625 g/mol. The molecule has 0 N–H and O–H groups in total. The van der Waals surface area contributed by atoms with Gasteiger partial charge in [-0.15, -0.1) is 0 Å². The number of nitrogens with zero attached hydrogens (tertiary/aromatic N) is 2. The monoisotopic (exact) mass is 624 g/mol. The van der Waals surface area contributed by atoms with Gasteiger partial charge in [0.2, 0.25) is 5.88 Å². The zero-order chi connectivity index (χ0) is 25.2. The molecule has 0 atom stereocenters. The van der Waals surface area contributed by atoms with Crippen LogP contribution in [0.3, 0.4) is 0 Å². The minimum atomic E-state index is 0.411. The SMILES string of the molecule is COc1ccc(COc2cc(N3CCOCC3)cc(-c3cccc4c3Oc3ccc(I)cc3S4)n2)cc1. The zero-order valence-corrected chi connectivity index (χ0v) is 23.3. The number of para-hydroxylation sites is 1. The Hall–Kier alpha value is -2.95. The van der Waals surface area contributed by atoms with Gasteiger partial charge in [-0.3, -0.25) is 0 Å². The van der Waals surface area contributed by atoms with Crippen molar-refractivity contribution in [3.8, 4) is 34.4 Å². The lowest BCUT2D eigenvalue weighted by Gasteiger charge is -2.29. The third-order valence-electron chi connectivity index (χ3n) is 6.30. The number of pyridine rings is 1. The van der Waals surface area contributed by atoms with Gasteiger partial charge in [0, 0.05) is 34.0 Å². The number of ether oxygens (including phenoxy) is 4. The predicted molar refractivity (Wildman–Crippen MR) is 153 cm³/mol. The van der Waals surface area contributed by atoms with Crippen molar-refractivity contribution < 1.29 is 18.9 Å². The molecule has 0 aliphatic carbocycles. The summed E-state index contributed by atoms with van der Waals surface area (Å²) < 4.78 is 24.7. The summed E-state index contributed by atoms with van der Waals surface area (Å²) in [5.41, 5.74) is 3.87. The Bertz CT molecular complexity index is 1420. The molecule has 0 amide bonds. The van der Waals surface area contributed by atoms with Crippen molar-refractivity contribution in [2.75, 3.05) is 38.3 Å². The number of methoxy groups -OCH3 is 1. The highest BCUT2D eigenvalue weighted by atomic mass is 127. The van der Waals surface area contributed by atoms with E-state index in [0.717, 1.165) is 62.6 Å². The molecule has 37 heavy (non-hydrogen) atoms. The lowest BCUT2D eigenvalue weighted by Crippen LogP contribution is -2.36. The molecule has 6 nitrogen and oxygen atoms in total. The molecule has 3 aromatic carbocycles. The van der Waals surface area contributed by atoms with E-state index in [1.54, 1.807) is 18.9 Å². The highest BCUT2D eigenvalue weighted by molar-refractivity contribution is 14.1. The van der Waals surface area contributed by atoms with Gasteiger partial charge in [-0.05, 0) is 76.7 Å². The summed E-state index contributed by atoms with van der Waals surface area (Å²) in [4.78, 5) is 9.44. The number of hydrogen-bond acceptors (Lipinski definition) is 7. The maximum Gasteiger partial charge on any atom is 0.216 e. The van der Waals surface area contributed by atoms with E-state index >= 15 is 0 Å². The van der Waals surface area contributed by atoms with Crippen molar-refractivity contribution in [3.63, 3.8) is 0 Å². The summed E-state index contributed by atoms with van der Waals surface area (Å²) in [7, 11) is 1.66. The van der Waals surface area contributed by atoms with Gasteiger partial charge in [0.25, 0.3) is 0 Å². The number of morpholine rings is 1. The highest BCUT2D eigenvalue weighted by Crippen LogP contribution is 2.51. The summed E-state index contributed by atoms with van der Waals surface area (Å²) in [6.07, 6.45) is 0. The molecule has 1 aromatic heterocycles. The quantitative estimate of drug-likeness (QED) is 0.188. The minimum Gasteiger partial charge on any atom is -0.497 e. The van der Waals surface area contributed by atoms with Gasteiger partial charge < -0.3 is 23.8 Å². The van der Waals surface area contributed by atoms with Crippen LogP contribution in [-0.4, -0.2) is 38.4 Å². The van der Waals surface area contributed by atoms with Crippen LogP contribution in [0.5, 0.6) is 23.1 Å². The Kier molecular flexibility index (Phi) is 7.12. The average Bonchev–Trinajstić information content (AvgIpc) is 2.95. The summed E-state index contributed by atoms with van der Waals surface area (Å²) in [5, 5.41) is 0. The Morgan fingerprint density at radius 2 is 1.81 bits per heavy atom. The van der Waals surface area contributed by atoms with Crippen LogP contribution in [0.2, 0.25) is 0 Å². The van der Waals surface area contributed by atoms with Gasteiger partial charge in [0.15, 0.2) is 5.75 Å². The first-order valence-corrected chi connectivity index (χ1v) is 13.9. The van der Waals surface area contributed by atoms with Crippen molar-refractivity contribution in [1.82, 2.24) is 4.98 Å². The summed E-state index contributed by atoms with van der Waals surface area (Å²) >= 11 is 4.06. The van der Waals surface area contributed by atoms with Crippen LogP contribution in [0.15, 0.2) is 82.6 Å². The molecule has 0 spiro atoms. The number of rotatable bonds is 6. The molecule has 0 radical (unpaired) electrons. The number of anilines is 1. The van der Waals surface area contributed by atoms with E-state index in [-0.39, 0.29) is 0 Å². The second-order valence-electron chi connectivity index (χ2n) is 8.71. The number of benzene rings is 3. The molecule has 2 aliphatic rings. The van der Waals surface area contributed by atoms with Crippen LogP contribution in [0.1, 0.15) is 5.56 Å². The minimum absolute atomic E-state index is 0.411. The first-order valence-electron chi connectivity index (χ1n) is 12.1. The number of hydrogen-bond donors (Lipinski definition) is 0. The first-order chi connectivity index (χ1) is 18.2. The summed E-state index contributed by atoms with van der Waals surface area (Å²) in [6.45, 7) is 3.47. The standard InChI is InChI=1S/C29H25IN2O4S/c1-33-22-8-5-19(6-9-22)18-35-28-17-21(32-11-13-34-14-12-32)16-24(31-28)23-3-2-4-26-29(23)36-25-10-7-20(30)15-27(25)37-26/h2-10,15-17H,11-14,18H2,1H3. The van der Waals surface area contributed by atoms with E-state index in [2.05, 4.69) is 63.9 Å². The van der Waals surface area contributed by atoms with Crippen molar-refractivity contribution >= 4 is 40.0 Å². The number of halogens is 1. The van der Waals surface area contributed by atoms with Gasteiger partial charge in [0.05, 0.1) is 35.8 Å². The number of fused-ring (bicyclic) bond motifs is 2. The predicted octanol–water partition coefficient (Wildman–Crippen LogP) is 7.03. The Labute approximate surface area is 234 Å². The fraction of sp³-hybridized carbons (Fsp3) is 0.207. The molecular formula is C29H25IN2O4S. The second kappa shape index (κ2) is 10.8. The zero-order valence-electron chi connectivity index (χ0n) is 20.3. The van der Waals surface area contributed by atoms with Crippen molar-refractivity contribution in [3.05, 3.63) is 81.9 Å². The molecule has 3 heterocycles. The molecule has 1 saturated heterocycles. The van der Waals surface area contributed by atoms with Gasteiger partial charge >= 0.3 is 0 Å². The van der Waals surface area contributed by atoms with Crippen LogP contribution in [0.25, 0.3) is 11.3 Å². The largest absolute Gasteiger partial charge is 0.497 e. The van der Waals surface area contributed by atoms with E-state index in [1.807, 2.05) is 36.4 Å². The van der Waals surface area contributed by atoms with Gasteiger partial charge in [-0.25, -0.2) is 4.98 Å². The van der Waals surface area contributed by atoms with E-state index < -0.39 is 0 Å². The van der Waals surface area contributed by atoms with Gasteiger partial charge in [-0.1, -0.05) is 30.0 Å². The van der Waals surface area contributed by atoms with Crippen LogP contribution in [0.4, 0.5) is 5.69 Å². The maximum atomic E-state index is 6.44. The van der Waals surface area contributed by atoms with Crippen molar-refractivity contribution in [1.29, 1.82) is 0 Å². The van der Waals surface area contributed by atoms with E-state index in [0.29, 0.717) is 25.7 Å². The third-order valence-corrected chi connectivity index (χ3v) is 8.05.